The van der Waals surface area contributed by atoms with E-state index in [2.05, 4.69) is 12.1 Å². The van der Waals surface area contributed by atoms with E-state index in [1.54, 1.807) is 13.2 Å². The second kappa shape index (κ2) is 8.12. The highest BCUT2D eigenvalue weighted by molar-refractivity contribution is 6.31. The third-order valence-corrected chi connectivity index (χ3v) is 6.46. The lowest BCUT2D eigenvalue weighted by atomic mass is 9.90. The number of hydrogen-bond donors (Lipinski definition) is 0. The van der Waals surface area contributed by atoms with E-state index in [0.717, 1.165) is 11.3 Å². The second-order valence-electron chi connectivity index (χ2n) is 7.89. The molecule has 5 heteroatoms. The van der Waals surface area contributed by atoms with Gasteiger partial charge in [-0.3, -0.25) is 4.79 Å². The summed E-state index contributed by atoms with van der Waals surface area (Å²) in [6.45, 7) is 1.07. The fraction of sp³-hybridized carbons (Fsp3) is 0.435. The number of hydrogen-bond acceptors (Lipinski definition) is 2. The van der Waals surface area contributed by atoms with Crippen LogP contribution in [0.1, 0.15) is 60.6 Å². The van der Waals surface area contributed by atoms with Crippen LogP contribution < -0.4 is 4.74 Å². The topological polar surface area (TPSA) is 29.5 Å². The van der Waals surface area contributed by atoms with Gasteiger partial charge < -0.3 is 9.64 Å². The lowest BCUT2D eigenvalue weighted by molar-refractivity contribution is -0.128. The maximum absolute atomic E-state index is 13.3. The number of carbonyl (C=O) groups excluding carboxylic acids is 1. The third-order valence-electron chi connectivity index (χ3n) is 6.11. The van der Waals surface area contributed by atoms with Crippen molar-refractivity contribution in [1.29, 1.82) is 0 Å². The van der Waals surface area contributed by atoms with Crippen LogP contribution in [0.2, 0.25) is 5.02 Å². The number of benzene rings is 2. The molecule has 2 aromatic rings. The molecular formula is C23H25ClFNO2. The molecule has 0 spiro atoms. The van der Waals surface area contributed by atoms with Crippen LogP contribution in [0.5, 0.6) is 5.75 Å². The van der Waals surface area contributed by atoms with Crippen LogP contribution in [0.15, 0.2) is 36.4 Å². The van der Waals surface area contributed by atoms with Gasteiger partial charge in [0, 0.05) is 30.5 Å². The molecular weight excluding hydrogens is 377 g/mol. The molecule has 1 heterocycles. The molecule has 3 nitrogen and oxygen atoms in total. The first-order valence-electron chi connectivity index (χ1n) is 9.94. The molecule has 2 aliphatic rings. The maximum atomic E-state index is 13.3. The summed E-state index contributed by atoms with van der Waals surface area (Å²) in [7, 11) is 1.72. The molecule has 2 aromatic carbocycles. The van der Waals surface area contributed by atoms with Gasteiger partial charge in [-0.2, -0.15) is 0 Å². The summed E-state index contributed by atoms with van der Waals surface area (Å²) in [5.74, 6) is 1.43. The molecule has 0 bridgehead atoms. The van der Waals surface area contributed by atoms with Gasteiger partial charge in [-0.25, -0.2) is 4.39 Å². The molecule has 4 rings (SSSR count). The summed E-state index contributed by atoms with van der Waals surface area (Å²) < 4.78 is 18.9. The molecule has 2 fully saturated rings. The summed E-state index contributed by atoms with van der Waals surface area (Å²) in [5.41, 5.74) is 3.26. The summed E-state index contributed by atoms with van der Waals surface area (Å²) in [5, 5.41) is 0.365. The monoisotopic (exact) mass is 401 g/mol. The number of ether oxygens (including phenoxy) is 1. The minimum absolute atomic E-state index is 0.114. The first-order chi connectivity index (χ1) is 13.5. The molecule has 0 radical (unpaired) electrons. The number of halogens is 2. The van der Waals surface area contributed by atoms with Gasteiger partial charge in [-0.05, 0) is 53.6 Å². The van der Waals surface area contributed by atoms with Gasteiger partial charge >= 0.3 is 0 Å². The van der Waals surface area contributed by atoms with Crippen LogP contribution in [-0.2, 0) is 11.3 Å². The second-order valence-corrected chi connectivity index (χ2v) is 8.30. The van der Waals surface area contributed by atoms with Gasteiger partial charge in [0.15, 0.2) is 0 Å². The van der Waals surface area contributed by atoms with E-state index >= 15 is 0 Å². The van der Waals surface area contributed by atoms with Crippen molar-refractivity contribution in [2.75, 3.05) is 13.7 Å². The Kier molecular flexibility index (Phi) is 5.58. The molecule has 28 heavy (non-hydrogen) atoms. The van der Waals surface area contributed by atoms with Crippen molar-refractivity contribution in [3.63, 3.8) is 0 Å². The van der Waals surface area contributed by atoms with E-state index in [4.69, 9.17) is 16.3 Å². The lowest BCUT2D eigenvalue weighted by Crippen LogP contribution is -2.24. The Morgan fingerprint density at radius 1 is 1.14 bits per heavy atom. The van der Waals surface area contributed by atoms with Crippen LogP contribution in [0.25, 0.3) is 0 Å². The first kappa shape index (κ1) is 19.3. The van der Waals surface area contributed by atoms with Gasteiger partial charge in [0.1, 0.15) is 11.6 Å². The number of methoxy groups -OCH3 is 1. The Hall–Kier alpha value is -2.07. The van der Waals surface area contributed by atoms with Gasteiger partial charge in [-0.1, -0.05) is 42.6 Å². The molecule has 1 atom stereocenters. The number of rotatable bonds is 5. The molecule has 0 aromatic heterocycles. The van der Waals surface area contributed by atoms with Crippen LogP contribution in [0.4, 0.5) is 4.39 Å². The van der Waals surface area contributed by atoms with E-state index in [1.807, 2.05) is 11.0 Å². The Morgan fingerprint density at radius 2 is 1.93 bits per heavy atom. The average Bonchev–Trinajstić information content (AvgIpc) is 3.34. The van der Waals surface area contributed by atoms with Crippen molar-refractivity contribution in [2.24, 2.45) is 0 Å². The molecule has 1 saturated carbocycles. The number of nitrogens with zero attached hydrogens (tertiary/aromatic N) is 1. The largest absolute Gasteiger partial charge is 0.496 e. The fourth-order valence-corrected chi connectivity index (χ4v) is 4.79. The molecule has 0 unspecified atom stereocenters. The van der Waals surface area contributed by atoms with Crippen LogP contribution in [0, 0.1) is 5.82 Å². The third kappa shape index (κ3) is 3.88. The Morgan fingerprint density at radius 3 is 2.64 bits per heavy atom. The first-order valence-corrected chi connectivity index (χ1v) is 10.3. The Balaban J connectivity index is 1.52. The molecule has 1 amide bonds. The van der Waals surface area contributed by atoms with E-state index < -0.39 is 0 Å². The summed E-state index contributed by atoms with van der Waals surface area (Å²) in [6, 6.07) is 10.7. The maximum Gasteiger partial charge on any atom is 0.223 e. The minimum Gasteiger partial charge on any atom is -0.496 e. The molecule has 1 aliphatic carbocycles. The van der Waals surface area contributed by atoms with Gasteiger partial charge in [0.05, 0.1) is 7.11 Å². The van der Waals surface area contributed by atoms with Crippen molar-refractivity contribution in [2.45, 2.75) is 50.5 Å². The summed E-state index contributed by atoms with van der Waals surface area (Å²) >= 11 is 6.14. The number of amides is 1. The van der Waals surface area contributed by atoms with Crippen molar-refractivity contribution in [1.82, 2.24) is 4.90 Å². The van der Waals surface area contributed by atoms with E-state index in [1.165, 1.54) is 48.9 Å². The molecule has 1 saturated heterocycles. The van der Waals surface area contributed by atoms with Crippen molar-refractivity contribution >= 4 is 17.5 Å². The van der Waals surface area contributed by atoms with E-state index in [9.17, 15) is 9.18 Å². The predicted molar refractivity (Wildman–Crippen MR) is 108 cm³/mol. The normalized spacial score (nSPS) is 20.2. The highest BCUT2D eigenvalue weighted by Crippen LogP contribution is 2.41. The standard InChI is InChI=1S/C23H25ClFNO2/c1-28-22-9-7-16(10-20(22)15-4-2-3-5-15)18-11-23(27)26(14-18)13-17-6-8-19(25)12-21(17)24/h6-10,12,15,18H,2-5,11,13-14H2,1H3/t18-/m1/s1. The minimum atomic E-state index is -0.364. The van der Waals surface area contributed by atoms with E-state index in [-0.39, 0.29) is 17.6 Å². The Labute approximate surface area is 170 Å². The zero-order valence-corrected chi connectivity index (χ0v) is 16.8. The van der Waals surface area contributed by atoms with Gasteiger partial charge in [0.25, 0.3) is 0 Å². The number of carbonyl (C=O) groups is 1. The molecule has 148 valence electrons. The lowest BCUT2D eigenvalue weighted by Gasteiger charge is -2.20. The van der Waals surface area contributed by atoms with Crippen LogP contribution in [0.3, 0.4) is 0 Å². The van der Waals surface area contributed by atoms with Gasteiger partial charge in [-0.15, -0.1) is 0 Å². The van der Waals surface area contributed by atoms with Crippen molar-refractivity contribution < 1.29 is 13.9 Å². The smallest absolute Gasteiger partial charge is 0.223 e. The zero-order valence-electron chi connectivity index (χ0n) is 16.1. The SMILES string of the molecule is COc1ccc([C@@H]2CC(=O)N(Cc3ccc(F)cc3Cl)C2)cc1C1CCCC1. The Bertz CT molecular complexity index is 879. The number of likely N-dealkylation sites (tertiary alicyclic amines) is 1. The fourth-order valence-electron chi connectivity index (χ4n) is 4.57. The highest BCUT2D eigenvalue weighted by atomic mass is 35.5. The van der Waals surface area contributed by atoms with Gasteiger partial charge in [0.2, 0.25) is 5.91 Å². The molecule has 1 aliphatic heterocycles. The summed E-state index contributed by atoms with van der Waals surface area (Å²) in [4.78, 5) is 14.4. The van der Waals surface area contributed by atoms with Crippen molar-refractivity contribution in [3.8, 4) is 5.75 Å². The van der Waals surface area contributed by atoms with E-state index in [0.29, 0.717) is 30.5 Å². The predicted octanol–water partition coefficient (Wildman–Crippen LogP) is 5.66. The quantitative estimate of drug-likeness (QED) is 0.646. The summed E-state index contributed by atoms with van der Waals surface area (Å²) in [6.07, 6.45) is 5.45. The average molecular weight is 402 g/mol. The highest BCUT2D eigenvalue weighted by Gasteiger charge is 2.32. The van der Waals surface area contributed by atoms with Crippen LogP contribution in [-0.4, -0.2) is 24.5 Å². The molecule has 0 N–H and O–H groups in total. The van der Waals surface area contributed by atoms with Crippen LogP contribution >= 0.6 is 11.6 Å². The van der Waals surface area contributed by atoms with Crippen molar-refractivity contribution in [3.05, 3.63) is 63.9 Å². The zero-order chi connectivity index (χ0) is 19.7.